The molecule has 2 rings (SSSR count). The van der Waals surface area contributed by atoms with E-state index in [0.29, 0.717) is 5.06 Å². The van der Waals surface area contributed by atoms with Gasteiger partial charge in [0.1, 0.15) is 5.54 Å². The number of hydrogen-bond donors (Lipinski definition) is 3. The minimum Gasteiger partial charge on any atom is -0.529 e. The van der Waals surface area contributed by atoms with Crippen molar-refractivity contribution in [1.82, 2.24) is 20.8 Å². The number of urea groups is 1. The molecule has 0 aromatic rings. The summed E-state index contributed by atoms with van der Waals surface area (Å²) in [6.45, 7) is 1.62. The summed E-state index contributed by atoms with van der Waals surface area (Å²) in [6.07, 6.45) is -1.18. The van der Waals surface area contributed by atoms with Crippen LogP contribution in [0.5, 0.6) is 0 Å². The van der Waals surface area contributed by atoms with Crippen molar-refractivity contribution in [3.63, 3.8) is 0 Å². The Hall–Kier alpha value is -1.12. The van der Waals surface area contributed by atoms with Crippen LogP contribution in [0.3, 0.4) is 0 Å². The Kier molecular flexibility index (Phi) is 6.46. The number of hydrazine groups is 1. The fourth-order valence-corrected chi connectivity index (χ4v) is 3.32. The van der Waals surface area contributed by atoms with Gasteiger partial charge in [0.05, 0.1) is 6.04 Å². The molecule has 0 saturated carbocycles. The van der Waals surface area contributed by atoms with Crippen molar-refractivity contribution in [2.24, 2.45) is 0 Å². The second kappa shape index (κ2) is 7.41. The number of nitrogens with zero attached hydrogens (tertiary/aromatic N) is 2. The first-order chi connectivity index (χ1) is 10.6. The predicted octanol–water partition coefficient (Wildman–Crippen LogP) is -5.26. The Labute approximate surface area is 159 Å². The Balaban J connectivity index is 0.00000288. The molecule has 2 bridgehead atoms. The zero-order chi connectivity index (χ0) is 17.4. The molecule has 2 aliphatic rings. The molecule has 0 aromatic carbocycles. The van der Waals surface area contributed by atoms with E-state index >= 15 is 0 Å². The van der Waals surface area contributed by atoms with Crippen LogP contribution < -0.4 is 45.5 Å². The molecular formula is C10H15N4NaO8S. The Morgan fingerprint density at radius 1 is 1.46 bits per heavy atom. The molecule has 2 saturated heterocycles. The van der Waals surface area contributed by atoms with Crippen LogP contribution in [0.2, 0.25) is 0 Å². The number of fused-ring (bicyclic) bond motifs is 2. The molecular weight excluding hydrogens is 359 g/mol. The fourth-order valence-electron chi connectivity index (χ4n) is 2.93. The zero-order valence-electron chi connectivity index (χ0n) is 13.0. The topological polar surface area (TPSA) is 168 Å². The molecule has 2 fully saturated rings. The first-order valence-electron chi connectivity index (χ1n) is 6.66. The third-order valence-electron chi connectivity index (χ3n) is 4.01. The van der Waals surface area contributed by atoms with Crippen molar-refractivity contribution in [3.8, 4) is 0 Å². The van der Waals surface area contributed by atoms with Gasteiger partial charge in [-0.05, 0) is 19.3 Å². The van der Waals surface area contributed by atoms with E-state index in [0.717, 1.165) is 4.90 Å². The third kappa shape index (κ3) is 3.92. The van der Waals surface area contributed by atoms with E-state index in [2.05, 4.69) is 4.28 Å². The summed E-state index contributed by atoms with van der Waals surface area (Å²) in [7, 11) is -4.89. The molecule has 2 heterocycles. The van der Waals surface area contributed by atoms with E-state index in [9.17, 15) is 27.9 Å². The number of rotatable bonds is 4. The predicted molar refractivity (Wildman–Crippen MR) is 69.3 cm³/mol. The normalized spacial score (nSPS) is 25.9. The fraction of sp³-hybridized carbons (Fsp3) is 0.700. The van der Waals surface area contributed by atoms with Gasteiger partial charge in [-0.1, -0.05) is 6.92 Å². The van der Waals surface area contributed by atoms with Crippen LogP contribution in [0, 0.1) is 0 Å². The Morgan fingerprint density at radius 3 is 2.58 bits per heavy atom. The Bertz CT molecular complexity index is 643. The first-order valence-corrected chi connectivity index (χ1v) is 8.02. The number of carbonyl (C=O) groups excluding carboxylic acids is 3. The number of nitrogens with one attached hydrogen (secondary N) is 2. The standard InChI is InChI=1S/C10H16N4O8S.Na/c1-2-10(7(15)11-12-8(16)17)4-3-6-5-13(10)9(18)14(6)22-23(19,20)21;/h6,12H,2-5H2,1H3,(H,11,15)(H,16,17)(H,19,20,21);/q;+1/p-1/t6-,10+;/m1./s1. The minimum absolute atomic E-state index is 0. The maximum absolute atomic E-state index is 12.3. The van der Waals surface area contributed by atoms with Crippen molar-refractivity contribution in [1.29, 1.82) is 0 Å². The molecule has 0 aliphatic carbocycles. The molecule has 14 heteroatoms. The molecule has 2 aliphatic heterocycles. The summed E-state index contributed by atoms with van der Waals surface area (Å²) in [4.78, 5) is 36.1. The summed E-state index contributed by atoms with van der Waals surface area (Å²) in [5.74, 6) is -0.773. The SMILES string of the molecule is CC[C@@]1(C(=O)NNC(=O)[O-])CC[C@@H]2CN1C(=O)N2OS(=O)(=O)O.[Na+]. The van der Waals surface area contributed by atoms with E-state index in [1.807, 2.05) is 5.43 Å². The molecule has 2 atom stereocenters. The zero-order valence-corrected chi connectivity index (χ0v) is 15.8. The molecule has 0 unspecified atom stereocenters. The van der Waals surface area contributed by atoms with Crippen LogP contribution in [0.4, 0.5) is 9.59 Å². The molecule has 4 amide bonds. The van der Waals surface area contributed by atoms with Crippen LogP contribution in [0.25, 0.3) is 0 Å². The van der Waals surface area contributed by atoms with E-state index < -0.39 is 40.0 Å². The minimum atomic E-state index is -4.89. The van der Waals surface area contributed by atoms with Gasteiger partial charge in [-0.25, -0.2) is 4.79 Å². The van der Waals surface area contributed by atoms with Crippen molar-refractivity contribution in [2.75, 3.05) is 6.54 Å². The van der Waals surface area contributed by atoms with Crippen LogP contribution in [-0.4, -0.2) is 59.1 Å². The summed E-state index contributed by atoms with van der Waals surface area (Å²) in [6, 6.07) is -1.55. The van der Waals surface area contributed by atoms with Crippen LogP contribution in [-0.2, 0) is 19.5 Å². The number of hydrogen-bond acceptors (Lipinski definition) is 7. The molecule has 0 aromatic heterocycles. The summed E-state index contributed by atoms with van der Waals surface area (Å²) in [5, 5.41) is 10.9. The maximum atomic E-state index is 12.3. The number of carbonyl (C=O) groups is 3. The van der Waals surface area contributed by atoms with Crippen molar-refractivity contribution >= 4 is 28.4 Å². The average Bonchev–Trinajstić information content (AvgIpc) is 2.70. The van der Waals surface area contributed by atoms with Gasteiger partial charge in [-0.15, -0.1) is 4.28 Å². The molecule has 12 nitrogen and oxygen atoms in total. The van der Waals surface area contributed by atoms with Crippen LogP contribution >= 0.6 is 0 Å². The van der Waals surface area contributed by atoms with Gasteiger partial charge in [-0.3, -0.25) is 20.2 Å². The van der Waals surface area contributed by atoms with Crippen molar-refractivity contribution in [3.05, 3.63) is 0 Å². The summed E-state index contributed by atoms with van der Waals surface area (Å²) < 4.78 is 34.6. The van der Waals surface area contributed by atoms with Crippen LogP contribution in [0.1, 0.15) is 26.2 Å². The van der Waals surface area contributed by atoms with Gasteiger partial charge >= 0.3 is 46.0 Å². The molecule has 130 valence electrons. The van der Waals surface area contributed by atoms with Crippen molar-refractivity contribution in [2.45, 2.75) is 37.8 Å². The quantitative estimate of drug-likeness (QED) is 0.249. The van der Waals surface area contributed by atoms with Gasteiger partial charge < -0.3 is 14.8 Å². The van der Waals surface area contributed by atoms with Gasteiger partial charge in [0.15, 0.2) is 6.09 Å². The van der Waals surface area contributed by atoms with Crippen LogP contribution in [0.15, 0.2) is 0 Å². The van der Waals surface area contributed by atoms with Crippen molar-refractivity contribution < 1.29 is 66.3 Å². The van der Waals surface area contributed by atoms with Gasteiger partial charge in [0.2, 0.25) is 0 Å². The van der Waals surface area contributed by atoms with E-state index in [1.165, 1.54) is 0 Å². The number of hydroxylamine groups is 2. The summed E-state index contributed by atoms with van der Waals surface area (Å²) >= 11 is 0. The van der Waals surface area contributed by atoms with Gasteiger partial charge in [-0.2, -0.15) is 13.5 Å². The van der Waals surface area contributed by atoms with Gasteiger partial charge in [0, 0.05) is 6.54 Å². The average molecular weight is 374 g/mol. The number of carboxylic acid groups (broad SMARTS) is 1. The summed E-state index contributed by atoms with van der Waals surface area (Å²) in [5.41, 5.74) is 2.18. The second-order valence-corrected chi connectivity index (χ2v) is 6.17. The molecule has 0 spiro atoms. The monoisotopic (exact) mass is 374 g/mol. The third-order valence-corrected chi connectivity index (χ3v) is 4.36. The van der Waals surface area contributed by atoms with E-state index in [4.69, 9.17) is 4.55 Å². The molecule has 3 N–H and O–H groups in total. The molecule has 0 radical (unpaired) electrons. The Morgan fingerprint density at radius 2 is 2.08 bits per heavy atom. The van der Waals surface area contributed by atoms with E-state index in [-0.39, 0.29) is 55.4 Å². The van der Waals surface area contributed by atoms with E-state index in [1.54, 1.807) is 12.3 Å². The smallest absolute Gasteiger partial charge is 0.529 e. The molecule has 24 heavy (non-hydrogen) atoms. The number of piperidine rings is 1. The first kappa shape index (κ1) is 20.9. The maximum Gasteiger partial charge on any atom is 1.00 e. The van der Waals surface area contributed by atoms with Gasteiger partial charge in [0.25, 0.3) is 5.91 Å². The number of amides is 4. The second-order valence-electron chi connectivity index (χ2n) is 5.17. The largest absolute Gasteiger partial charge is 1.00 e.